The second kappa shape index (κ2) is 5.02. The van der Waals surface area contributed by atoms with E-state index in [4.69, 9.17) is 9.72 Å². The SMILES string of the molecule is COc1ccc2c(C(=O)O)c3c(nc2c1)C(C)C(C)CC3. The minimum absolute atomic E-state index is 0.280. The van der Waals surface area contributed by atoms with Gasteiger partial charge in [0.1, 0.15) is 5.75 Å². The molecule has 1 aliphatic carbocycles. The van der Waals surface area contributed by atoms with Gasteiger partial charge in [-0.05, 0) is 36.5 Å². The summed E-state index contributed by atoms with van der Waals surface area (Å²) in [7, 11) is 1.60. The zero-order chi connectivity index (χ0) is 15.1. The molecular formula is C17H19NO3. The largest absolute Gasteiger partial charge is 0.497 e. The van der Waals surface area contributed by atoms with Crippen molar-refractivity contribution in [2.75, 3.05) is 7.11 Å². The van der Waals surface area contributed by atoms with Gasteiger partial charge in [-0.25, -0.2) is 4.79 Å². The lowest BCUT2D eigenvalue weighted by atomic mass is 9.78. The normalized spacial score (nSPS) is 21.1. The maximum Gasteiger partial charge on any atom is 0.336 e. The van der Waals surface area contributed by atoms with Crippen LogP contribution in [0, 0.1) is 5.92 Å². The van der Waals surface area contributed by atoms with Gasteiger partial charge in [0.05, 0.1) is 18.2 Å². The van der Waals surface area contributed by atoms with Crippen LogP contribution in [0.1, 0.15) is 47.8 Å². The molecule has 21 heavy (non-hydrogen) atoms. The molecule has 1 N–H and O–H groups in total. The number of benzene rings is 1. The number of aromatic nitrogens is 1. The number of aromatic carboxylic acids is 1. The number of carboxylic acid groups (broad SMARTS) is 1. The second-order valence-corrected chi connectivity index (χ2v) is 5.84. The number of hydrogen-bond acceptors (Lipinski definition) is 3. The number of carboxylic acids is 1. The van der Waals surface area contributed by atoms with Crippen LogP contribution in [0.15, 0.2) is 18.2 Å². The summed E-state index contributed by atoms with van der Waals surface area (Å²) < 4.78 is 5.23. The maximum atomic E-state index is 11.8. The predicted octanol–water partition coefficient (Wildman–Crippen LogP) is 3.63. The highest BCUT2D eigenvalue weighted by Gasteiger charge is 2.29. The molecule has 4 nitrogen and oxygen atoms in total. The number of pyridine rings is 1. The van der Waals surface area contributed by atoms with E-state index in [1.807, 2.05) is 6.07 Å². The fourth-order valence-electron chi connectivity index (χ4n) is 3.20. The molecule has 2 unspecified atom stereocenters. The van der Waals surface area contributed by atoms with E-state index in [9.17, 15) is 9.90 Å². The van der Waals surface area contributed by atoms with Crippen LogP contribution in [0.3, 0.4) is 0 Å². The van der Waals surface area contributed by atoms with E-state index < -0.39 is 5.97 Å². The zero-order valence-electron chi connectivity index (χ0n) is 12.5. The third kappa shape index (κ3) is 2.15. The first-order chi connectivity index (χ1) is 10.0. The van der Waals surface area contributed by atoms with Crippen molar-refractivity contribution in [2.45, 2.75) is 32.6 Å². The number of ether oxygens (including phenoxy) is 1. The summed E-state index contributed by atoms with van der Waals surface area (Å²) in [6.45, 7) is 4.33. The third-order valence-corrected chi connectivity index (χ3v) is 4.67. The maximum absolute atomic E-state index is 11.8. The highest BCUT2D eigenvalue weighted by Crippen LogP contribution is 2.38. The Labute approximate surface area is 123 Å². The Balaban J connectivity index is 2.35. The first-order valence-corrected chi connectivity index (χ1v) is 7.26. The number of nitrogens with zero attached hydrogens (tertiary/aromatic N) is 1. The zero-order valence-corrected chi connectivity index (χ0v) is 12.5. The molecule has 3 rings (SSSR count). The van der Waals surface area contributed by atoms with E-state index in [1.165, 1.54) is 0 Å². The third-order valence-electron chi connectivity index (χ3n) is 4.67. The van der Waals surface area contributed by atoms with Crippen molar-refractivity contribution in [3.63, 3.8) is 0 Å². The quantitative estimate of drug-likeness (QED) is 0.915. The number of fused-ring (bicyclic) bond motifs is 2. The topological polar surface area (TPSA) is 59.4 Å². The van der Waals surface area contributed by atoms with Gasteiger partial charge in [0.25, 0.3) is 0 Å². The van der Waals surface area contributed by atoms with E-state index in [0.717, 1.165) is 24.1 Å². The fourth-order valence-corrected chi connectivity index (χ4v) is 3.20. The van der Waals surface area contributed by atoms with Gasteiger partial charge in [-0.3, -0.25) is 4.98 Å². The van der Waals surface area contributed by atoms with E-state index in [1.54, 1.807) is 19.2 Å². The van der Waals surface area contributed by atoms with Crippen molar-refractivity contribution in [1.82, 2.24) is 4.98 Å². The van der Waals surface area contributed by atoms with Gasteiger partial charge in [0, 0.05) is 23.1 Å². The van der Waals surface area contributed by atoms with Gasteiger partial charge < -0.3 is 9.84 Å². The lowest BCUT2D eigenvalue weighted by molar-refractivity contribution is 0.0697. The monoisotopic (exact) mass is 285 g/mol. The molecule has 2 atom stereocenters. The van der Waals surface area contributed by atoms with Crippen LogP contribution in [0.2, 0.25) is 0 Å². The minimum Gasteiger partial charge on any atom is -0.497 e. The molecule has 0 saturated carbocycles. The van der Waals surface area contributed by atoms with Crippen molar-refractivity contribution in [3.8, 4) is 5.75 Å². The first kappa shape index (κ1) is 13.9. The Kier molecular flexibility index (Phi) is 3.32. The Bertz CT molecular complexity index is 724. The summed E-state index contributed by atoms with van der Waals surface area (Å²) in [5.41, 5.74) is 2.96. The van der Waals surface area contributed by atoms with Gasteiger partial charge >= 0.3 is 5.97 Å². The lowest BCUT2D eigenvalue weighted by Gasteiger charge is -2.29. The summed E-state index contributed by atoms with van der Waals surface area (Å²) in [6, 6.07) is 5.40. The van der Waals surface area contributed by atoms with Crippen LogP contribution >= 0.6 is 0 Å². The molecule has 1 aromatic heterocycles. The average molecular weight is 285 g/mol. The molecule has 0 bridgehead atoms. The summed E-state index contributed by atoms with van der Waals surface area (Å²) in [4.78, 5) is 16.5. The van der Waals surface area contributed by atoms with Crippen molar-refractivity contribution in [2.24, 2.45) is 5.92 Å². The van der Waals surface area contributed by atoms with Gasteiger partial charge in [-0.1, -0.05) is 13.8 Å². The molecule has 1 aromatic carbocycles. The molecule has 0 amide bonds. The molecule has 2 aromatic rings. The van der Waals surface area contributed by atoms with Crippen LogP contribution in [0.5, 0.6) is 5.75 Å². The molecule has 110 valence electrons. The standard InChI is InChI=1S/C17H19NO3/c1-9-4-6-13-15(17(19)20)12-7-5-11(21-3)8-14(12)18-16(13)10(9)2/h5,7-10H,4,6H2,1-3H3,(H,19,20). The van der Waals surface area contributed by atoms with Crippen LogP contribution in [-0.4, -0.2) is 23.2 Å². The van der Waals surface area contributed by atoms with Crippen molar-refractivity contribution in [3.05, 3.63) is 35.0 Å². The average Bonchev–Trinajstić information content (AvgIpc) is 2.48. The number of carbonyl (C=O) groups is 1. The van der Waals surface area contributed by atoms with Crippen molar-refractivity contribution < 1.29 is 14.6 Å². The number of rotatable bonds is 2. The fraction of sp³-hybridized carbons (Fsp3) is 0.412. The predicted molar refractivity (Wildman–Crippen MR) is 81.2 cm³/mol. The van der Waals surface area contributed by atoms with E-state index in [2.05, 4.69) is 13.8 Å². The van der Waals surface area contributed by atoms with Crippen LogP contribution in [-0.2, 0) is 6.42 Å². The van der Waals surface area contributed by atoms with Crippen LogP contribution in [0.25, 0.3) is 10.9 Å². The van der Waals surface area contributed by atoms with Gasteiger partial charge in [0.15, 0.2) is 0 Å². The number of hydrogen-bond donors (Lipinski definition) is 1. The van der Waals surface area contributed by atoms with Gasteiger partial charge in [-0.2, -0.15) is 0 Å². The van der Waals surface area contributed by atoms with Crippen LogP contribution in [0.4, 0.5) is 0 Å². The van der Waals surface area contributed by atoms with Crippen molar-refractivity contribution >= 4 is 16.9 Å². The Morgan fingerprint density at radius 3 is 2.81 bits per heavy atom. The van der Waals surface area contributed by atoms with Gasteiger partial charge in [0.2, 0.25) is 0 Å². The Hall–Kier alpha value is -2.10. The van der Waals surface area contributed by atoms with Gasteiger partial charge in [-0.15, -0.1) is 0 Å². The minimum atomic E-state index is -0.870. The summed E-state index contributed by atoms with van der Waals surface area (Å²) in [6.07, 6.45) is 1.80. The lowest BCUT2D eigenvalue weighted by Crippen LogP contribution is -2.21. The molecule has 0 fully saturated rings. The summed E-state index contributed by atoms with van der Waals surface area (Å²) in [5, 5.41) is 10.4. The Morgan fingerprint density at radius 1 is 1.38 bits per heavy atom. The molecule has 1 heterocycles. The second-order valence-electron chi connectivity index (χ2n) is 5.84. The highest BCUT2D eigenvalue weighted by atomic mass is 16.5. The molecular weight excluding hydrogens is 266 g/mol. The molecule has 0 aliphatic heterocycles. The van der Waals surface area contributed by atoms with E-state index in [-0.39, 0.29) is 5.92 Å². The van der Waals surface area contributed by atoms with E-state index in [0.29, 0.717) is 28.1 Å². The molecule has 0 saturated heterocycles. The smallest absolute Gasteiger partial charge is 0.336 e. The Morgan fingerprint density at radius 2 is 2.14 bits per heavy atom. The number of methoxy groups -OCH3 is 1. The van der Waals surface area contributed by atoms with Crippen molar-refractivity contribution in [1.29, 1.82) is 0 Å². The van der Waals surface area contributed by atoms with E-state index >= 15 is 0 Å². The first-order valence-electron chi connectivity index (χ1n) is 7.26. The summed E-state index contributed by atoms with van der Waals surface area (Å²) >= 11 is 0. The highest BCUT2D eigenvalue weighted by molar-refractivity contribution is 6.04. The summed E-state index contributed by atoms with van der Waals surface area (Å²) in [5.74, 6) is 0.630. The molecule has 1 aliphatic rings. The van der Waals surface area contributed by atoms with Crippen LogP contribution < -0.4 is 4.74 Å². The molecule has 4 heteroatoms. The molecule has 0 spiro atoms. The molecule has 0 radical (unpaired) electrons.